The third-order valence-corrected chi connectivity index (χ3v) is 9.79. The van der Waals surface area contributed by atoms with Gasteiger partial charge < -0.3 is 29.6 Å². The second-order valence-corrected chi connectivity index (χ2v) is 12.9. The van der Waals surface area contributed by atoms with Gasteiger partial charge in [-0.15, -0.1) is 0 Å². The van der Waals surface area contributed by atoms with Crippen LogP contribution in [0.25, 0.3) is 11.0 Å². The minimum atomic E-state index is -4.19. The highest BCUT2D eigenvalue weighted by molar-refractivity contribution is 7.89. The Kier molecular flexibility index (Phi) is 8.75. The average Bonchev–Trinajstić information content (AvgIpc) is 3.79. The molecule has 0 bridgehead atoms. The maximum Gasteiger partial charge on any atom is 0.407 e. The second kappa shape index (κ2) is 12.7. The lowest BCUT2D eigenvalue weighted by molar-refractivity contribution is -0.145. The molecule has 0 spiro atoms. The van der Waals surface area contributed by atoms with Crippen LogP contribution in [0.3, 0.4) is 0 Å². The van der Waals surface area contributed by atoms with Gasteiger partial charge in [-0.25, -0.2) is 18.2 Å². The number of imidazole rings is 1. The fourth-order valence-electron chi connectivity index (χ4n) is 5.85. The van der Waals surface area contributed by atoms with Crippen LogP contribution in [0, 0.1) is 5.92 Å². The molecule has 3 fully saturated rings. The Morgan fingerprint density at radius 2 is 1.95 bits per heavy atom. The molecule has 42 heavy (non-hydrogen) atoms. The van der Waals surface area contributed by atoms with Crippen molar-refractivity contribution in [2.24, 2.45) is 5.92 Å². The van der Waals surface area contributed by atoms with E-state index in [2.05, 4.69) is 15.3 Å². The van der Waals surface area contributed by atoms with Gasteiger partial charge in [0, 0.05) is 0 Å². The number of H-pyrrole nitrogens is 1. The van der Waals surface area contributed by atoms with E-state index in [1.165, 1.54) is 18.5 Å². The highest BCUT2D eigenvalue weighted by Crippen LogP contribution is 2.33. The van der Waals surface area contributed by atoms with Crippen LogP contribution < -0.4 is 5.32 Å². The van der Waals surface area contributed by atoms with Gasteiger partial charge in [0.2, 0.25) is 0 Å². The van der Waals surface area contributed by atoms with Crippen molar-refractivity contribution in [1.29, 1.82) is 0 Å². The lowest BCUT2D eigenvalue weighted by Gasteiger charge is -2.31. The zero-order chi connectivity index (χ0) is 29.1. The van der Waals surface area contributed by atoms with Crippen LogP contribution in [0.4, 0.5) is 4.79 Å². The molecule has 0 radical (unpaired) electrons. The zero-order valence-corrected chi connectivity index (χ0v) is 23.9. The van der Waals surface area contributed by atoms with Crippen molar-refractivity contribution in [1.82, 2.24) is 19.8 Å². The van der Waals surface area contributed by atoms with E-state index in [-0.39, 0.29) is 36.2 Å². The van der Waals surface area contributed by atoms with Crippen molar-refractivity contribution in [3.8, 4) is 0 Å². The first-order valence-corrected chi connectivity index (χ1v) is 15.9. The number of alkyl carbamates (subject to hydrolysis) is 1. The maximum atomic E-state index is 13.9. The molecule has 2 saturated heterocycles. The molecule has 1 saturated carbocycles. The molecule has 5 atom stereocenters. The topological polar surface area (TPSA) is 152 Å². The summed E-state index contributed by atoms with van der Waals surface area (Å²) >= 11 is 0. The molecule has 3 aliphatic rings. The van der Waals surface area contributed by atoms with Gasteiger partial charge in [0.05, 0.1) is 66.2 Å². The molecule has 3 aromatic rings. The van der Waals surface area contributed by atoms with Gasteiger partial charge in [-0.3, -0.25) is 4.84 Å². The highest BCUT2D eigenvalue weighted by atomic mass is 32.2. The zero-order valence-electron chi connectivity index (χ0n) is 23.1. The predicted octanol–water partition coefficient (Wildman–Crippen LogP) is 2.89. The number of amides is 1. The number of rotatable bonds is 11. The predicted molar refractivity (Wildman–Crippen MR) is 150 cm³/mol. The number of aliphatic hydroxyl groups is 1. The summed E-state index contributed by atoms with van der Waals surface area (Å²) in [7, 11) is -4.19. The molecule has 3 heterocycles. The first-order valence-electron chi connectivity index (χ1n) is 14.4. The van der Waals surface area contributed by atoms with Gasteiger partial charge >= 0.3 is 6.09 Å². The number of benzene rings is 2. The number of aliphatic hydroxyl groups excluding tert-OH is 1. The van der Waals surface area contributed by atoms with Gasteiger partial charge in [-0.05, 0) is 49.4 Å². The number of carbonyl (C=O) groups excluding carboxylic acids is 1. The summed E-state index contributed by atoms with van der Waals surface area (Å²) < 4.78 is 45.4. The smallest absolute Gasteiger partial charge is 0.407 e. The number of hydroxylamine groups is 1. The van der Waals surface area contributed by atoms with Crippen LogP contribution in [0.15, 0.2) is 59.8 Å². The highest BCUT2D eigenvalue weighted by Gasteiger charge is 2.44. The van der Waals surface area contributed by atoms with E-state index in [1.54, 1.807) is 6.07 Å². The van der Waals surface area contributed by atoms with E-state index in [0.29, 0.717) is 17.6 Å². The molecule has 6 rings (SSSR count). The van der Waals surface area contributed by atoms with Crippen molar-refractivity contribution < 1.29 is 37.4 Å². The van der Waals surface area contributed by atoms with Gasteiger partial charge in [0.25, 0.3) is 10.0 Å². The van der Waals surface area contributed by atoms with E-state index < -0.39 is 40.9 Å². The molecule has 2 aromatic carbocycles. The summed E-state index contributed by atoms with van der Waals surface area (Å²) in [6, 6.07) is 13.0. The van der Waals surface area contributed by atoms with Gasteiger partial charge in [0.15, 0.2) is 6.29 Å². The molecule has 13 heteroatoms. The SMILES string of the molecule is O=C(N[C@@H](Cc1ccccc1)[C@@H](O)CN(OC1CCCC1)S(=O)(=O)c1ccc2nc[nH]c2c1)O[C@H]1CO[C@H]2OCC[C@H]21. The van der Waals surface area contributed by atoms with Crippen LogP contribution in [0.2, 0.25) is 0 Å². The van der Waals surface area contributed by atoms with E-state index in [9.17, 15) is 18.3 Å². The number of nitrogens with zero attached hydrogens (tertiary/aromatic N) is 2. The normalized spacial score (nSPS) is 24.2. The number of ether oxygens (including phenoxy) is 3. The third-order valence-electron chi connectivity index (χ3n) is 8.17. The molecule has 226 valence electrons. The minimum absolute atomic E-state index is 0.00555. The number of hydrogen-bond acceptors (Lipinski definition) is 9. The second-order valence-electron chi connectivity index (χ2n) is 11.1. The molecule has 3 N–H and O–H groups in total. The molecular formula is C29H36N4O8S. The monoisotopic (exact) mass is 600 g/mol. The molecule has 12 nitrogen and oxygen atoms in total. The average molecular weight is 601 g/mol. The van der Waals surface area contributed by atoms with Crippen molar-refractivity contribution in [2.75, 3.05) is 19.8 Å². The fourth-order valence-corrected chi connectivity index (χ4v) is 7.18. The number of hydrogen-bond donors (Lipinski definition) is 3. The van der Waals surface area contributed by atoms with Crippen molar-refractivity contribution in [3.05, 3.63) is 60.4 Å². The number of carbonyl (C=O) groups is 1. The molecular weight excluding hydrogens is 564 g/mol. The Morgan fingerprint density at radius 3 is 2.76 bits per heavy atom. The number of sulfonamides is 1. The summed E-state index contributed by atoms with van der Waals surface area (Å²) in [5.41, 5.74) is 2.05. The van der Waals surface area contributed by atoms with E-state index in [1.807, 2.05) is 30.3 Å². The summed E-state index contributed by atoms with van der Waals surface area (Å²) in [5, 5.41) is 14.3. The first kappa shape index (κ1) is 29.0. The Hall–Kier alpha value is -3.07. The van der Waals surface area contributed by atoms with Gasteiger partial charge in [-0.2, -0.15) is 0 Å². The molecule has 2 aliphatic heterocycles. The summed E-state index contributed by atoms with van der Waals surface area (Å²) in [5.74, 6) is -0.0408. The Bertz CT molecular complexity index is 1460. The standard InChI is InChI=1S/C29H36N4O8S/c34-26(16-33(41-20-8-4-5-9-20)42(36,37)21-10-11-23-24(15-21)31-18-30-23)25(14-19-6-2-1-3-7-19)32-29(35)40-27-17-39-28-22(27)12-13-38-28/h1-3,6-7,10-11,15,18,20,22,25-28,34H,4-5,8-9,12-14,16-17H2,(H,30,31)(H,32,35)/t22-,25-,26-,27-,28+/m0/s1. The van der Waals surface area contributed by atoms with Crippen LogP contribution in [-0.2, 0) is 35.5 Å². The van der Waals surface area contributed by atoms with Gasteiger partial charge in [0.1, 0.15) is 6.10 Å². The lowest BCUT2D eigenvalue weighted by Crippen LogP contribution is -2.51. The minimum Gasteiger partial charge on any atom is -0.443 e. The van der Waals surface area contributed by atoms with E-state index >= 15 is 0 Å². The van der Waals surface area contributed by atoms with Crippen molar-refractivity contribution in [3.63, 3.8) is 0 Å². The van der Waals surface area contributed by atoms with Crippen LogP contribution >= 0.6 is 0 Å². The maximum absolute atomic E-state index is 13.9. The Balaban J connectivity index is 1.22. The fraction of sp³-hybridized carbons (Fsp3) is 0.517. The number of aromatic nitrogens is 2. The largest absolute Gasteiger partial charge is 0.443 e. The van der Waals surface area contributed by atoms with E-state index in [4.69, 9.17) is 19.0 Å². The van der Waals surface area contributed by atoms with Crippen LogP contribution in [0.1, 0.15) is 37.7 Å². The van der Waals surface area contributed by atoms with Crippen LogP contribution in [-0.4, -0.2) is 84.5 Å². The summed E-state index contributed by atoms with van der Waals surface area (Å²) in [6.45, 7) is 0.379. The molecule has 1 aromatic heterocycles. The summed E-state index contributed by atoms with van der Waals surface area (Å²) in [4.78, 5) is 26.2. The first-order chi connectivity index (χ1) is 20.4. The quantitative estimate of drug-likeness (QED) is 0.282. The third kappa shape index (κ3) is 6.46. The van der Waals surface area contributed by atoms with E-state index in [0.717, 1.165) is 42.1 Å². The van der Waals surface area contributed by atoms with Crippen molar-refractivity contribution in [2.45, 2.75) is 74.1 Å². The lowest BCUT2D eigenvalue weighted by atomic mass is 10.0. The number of fused-ring (bicyclic) bond motifs is 2. The summed E-state index contributed by atoms with van der Waals surface area (Å²) in [6.07, 6.45) is 2.59. The number of aromatic amines is 1. The Morgan fingerprint density at radius 1 is 1.14 bits per heavy atom. The van der Waals surface area contributed by atoms with Gasteiger partial charge in [-0.1, -0.05) is 47.6 Å². The molecule has 1 aliphatic carbocycles. The Labute approximate surface area is 244 Å². The molecule has 1 amide bonds. The number of nitrogens with one attached hydrogen (secondary N) is 2. The van der Waals surface area contributed by atoms with Crippen LogP contribution in [0.5, 0.6) is 0 Å². The van der Waals surface area contributed by atoms with Crippen molar-refractivity contribution >= 4 is 27.1 Å². The molecule has 0 unspecified atom stereocenters.